The number of aromatic carboxylic acids is 1. The Morgan fingerprint density at radius 2 is 1.61 bits per heavy atom. The van der Waals surface area contributed by atoms with Crippen LogP contribution in [-0.4, -0.2) is 26.6 Å². The van der Waals surface area contributed by atoms with Crippen LogP contribution in [0.5, 0.6) is 0 Å². The van der Waals surface area contributed by atoms with Crippen molar-refractivity contribution in [1.29, 1.82) is 0 Å². The van der Waals surface area contributed by atoms with E-state index >= 15 is 0 Å². The van der Waals surface area contributed by atoms with Crippen molar-refractivity contribution in [3.63, 3.8) is 0 Å². The van der Waals surface area contributed by atoms with E-state index in [0.717, 1.165) is 6.26 Å². The Morgan fingerprint density at radius 3 is 2.22 bits per heavy atom. The minimum atomic E-state index is -3.42. The van der Waals surface area contributed by atoms with Crippen molar-refractivity contribution < 1.29 is 74.5 Å². The molecule has 0 saturated heterocycles. The average molecular weight is 357 g/mol. The Hall–Kier alpha value is -1.03. The van der Waals surface area contributed by atoms with Crippen LogP contribution in [0.25, 0.3) is 0 Å². The van der Waals surface area contributed by atoms with Gasteiger partial charge < -0.3 is 15.2 Å². The quantitative estimate of drug-likeness (QED) is 0.621. The van der Waals surface area contributed by atoms with Gasteiger partial charge in [-0.15, -0.1) is 0 Å². The third kappa shape index (κ3) is 5.52. The van der Waals surface area contributed by atoms with Gasteiger partial charge >= 0.3 is 51.4 Å². The zero-order valence-electron chi connectivity index (χ0n) is 12.6. The Labute approximate surface area is 176 Å². The van der Waals surface area contributed by atoms with Gasteiger partial charge in [-0.1, -0.05) is 18.2 Å². The molecule has 0 radical (unpaired) electrons. The molecule has 0 aliphatic rings. The first-order valence-corrected chi connectivity index (χ1v) is 8.09. The van der Waals surface area contributed by atoms with Crippen LogP contribution in [0.1, 0.15) is 20.7 Å². The molecule has 0 aliphatic carbocycles. The van der Waals surface area contributed by atoms with Crippen LogP contribution in [0.2, 0.25) is 0 Å². The molecule has 0 unspecified atom stereocenters. The molecule has 114 valence electrons. The Balaban J connectivity index is 0.00000264. The number of carboxylic acids is 1. The van der Waals surface area contributed by atoms with Crippen LogP contribution in [0.4, 0.5) is 5.69 Å². The molecule has 2 rings (SSSR count). The van der Waals surface area contributed by atoms with Gasteiger partial charge in [0.1, 0.15) is 0 Å². The maximum Gasteiger partial charge on any atom is 1.00 e. The Bertz CT molecular complexity index is 848. The zero-order chi connectivity index (χ0) is 16.3. The molecule has 8 heteroatoms. The molecule has 1 amide bonds. The normalized spacial score (nSPS) is 10.5. The summed E-state index contributed by atoms with van der Waals surface area (Å²) < 4.78 is 23.0. The molecule has 0 saturated carbocycles. The van der Waals surface area contributed by atoms with E-state index in [-0.39, 0.29) is 73.1 Å². The zero-order valence-corrected chi connectivity index (χ0v) is 16.5. The van der Waals surface area contributed by atoms with Gasteiger partial charge in [-0.05, 0) is 35.9 Å². The van der Waals surface area contributed by atoms with Gasteiger partial charge in [0.25, 0.3) is 5.91 Å². The first kappa shape index (κ1) is 20.0. The summed E-state index contributed by atoms with van der Waals surface area (Å²) in [6, 6.07) is 11.2. The first-order valence-electron chi connectivity index (χ1n) is 6.20. The molecule has 0 aliphatic heterocycles. The minimum absolute atomic E-state index is 0. The number of rotatable bonds is 4. The summed E-state index contributed by atoms with van der Waals surface area (Å²) in [6.45, 7) is 0. The number of benzene rings is 2. The molecular formula is C15H12KNO5S. The first-order chi connectivity index (χ1) is 10.3. The molecule has 0 fully saturated rings. The number of carboxylic acid groups (broad SMARTS) is 1. The standard InChI is InChI=1S/C15H13NO5S.K/c1-22(20,21)13-7-3-4-10(9-13)14(17)16-12-6-2-5-11(8-12)15(18)19;/h2-9H,1H3,(H,16,17)(H,18,19);/q;+1/p-1. The van der Waals surface area contributed by atoms with Crippen LogP contribution in [0.15, 0.2) is 53.4 Å². The monoisotopic (exact) mass is 357 g/mol. The summed E-state index contributed by atoms with van der Waals surface area (Å²) in [6.07, 6.45) is 1.05. The van der Waals surface area contributed by atoms with E-state index in [1.807, 2.05) is 0 Å². The van der Waals surface area contributed by atoms with E-state index in [1.165, 1.54) is 48.5 Å². The summed E-state index contributed by atoms with van der Waals surface area (Å²) in [7, 11) is -3.42. The second-order valence-corrected chi connectivity index (χ2v) is 6.64. The molecule has 0 spiro atoms. The van der Waals surface area contributed by atoms with Crippen LogP contribution < -0.4 is 61.8 Å². The molecule has 23 heavy (non-hydrogen) atoms. The maximum absolute atomic E-state index is 12.1. The van der Waals surface area contributed by atoms with E-state index in [4.69, 9.17) is 0 Å². The van der Waals surface area contributed by atoms with Gasteiger partial charge in [0.2, 0.25) is 0 Å². The fourth-order valence-electron chi connectivity index (χ4n) is 1.80. The van der Waals surface area contributed by atoms with E-state index in [1.54, 1.807) is 0 Å². The topological polar surface area (TPSA) is 103 Å². The number of carbonyl (C=O) groups excluding carboxylic acids is 2. The van der Waals surface area contributed by atoms with E-state index in [9.17, 15) is 23.1 Å². The average Bonchev–Trinajstić information content (AvgIpc) is 2.46. The minimum Gasteiger partial charge on any atom is -0.545 e. The fourth-order valence-corrected chi connectivity index (χ4v) is 2.46. The fraction of sp³-hybridized carbons (Fsp3) is 0.0667. The predicted molar refractivity (Wildman–Crippen MR) is 78.3 cm³/mol. The number of amides is 1. The van der Waals surface area contributed by atoms with Gasteiger partial charge in [0.15, 0.2) is 9.84 Å². The Kier molecular flexibility index (Phi) is 7.12. The molecule has 2 aromatic rings. The molecule has 1 N–H and O–H groups in total. The van der Waals surface area contributed by atoms with Crippen molar-refractivity contribution in [3.8, 4) is 0 Å². The van der Waals surface area contributed by atoms with E-state index in [2.05, 4.69) is 5.32 Å². The summed E-state index contributed by atoms with van der Waals surface area (Å²) in [5.41, 5.74) is 0.362. The van der Waals surface area contributed by atoms with Gasteiger partial charge in [0.05, 0.1) is 10.9 Å². The number of sulfone groups is 1. The van der Waals surface area contributed by atoms with E-state index < -0.39 is 21.7 Å². The smallest absolute Gasteiger partial charge is 0.545 e. The number of carbonyl (C=O) groups is 2. The van der Waals surface area contributed by atoms with Gasteiger partial charge in [-0.2, -0.15) is 0 Å². The SMILES string of the molecule is CS(=O)(=O)c1cccc(C(=O)Nc2cccc(C(=O)[O-])c2)c1.[K+]. The molecule has 0 bridgehead atoms. The summed E-state index contributed by atoms with van der Waals surface area (Å²) in [5.74, 6) is -1.89. The number of nitrogens with one attached hydrogen (secondary N) is 1. The van der Waals surface area contributed by atoms with Gasteiger partial charge in [-0.3, -0.25) is 4.79 Å². The molecule has 2 aromatic carbocycles. The van der Waals surface area contributed by atoms with Crippen LogP contribution in [0.3, 0.4) is 0 Å². The molecule has 6 nitrogen and oxygen atoms in total. The predicted octanol–water partition coefficient (Wildman–Crippen LogP) is -2.29. The van der Waals surface area contributed by atoms with Crippen molar-refractivity contribution in [2.24, 2.45) is 0 Å². The Morgan fingerprint density at radius 1 is 1.00 bits per heavy atom. The summed E-state index contributed by atoms with van der Waals surface area (Å²) in [4.78, 5) is 22.9. The van der Waals surface area contributed by atoms with Crippen molar-refractivity contribution >= 4 is 27.4 Å². The number of anilines is 1. The second-order valence-electron chi connectivity index (χ2n) is 4.62. The van der Waals surface area contributed by atoms with E-state index in [0.29, 0.717) is 0 Å². The van der Waals surface area contributed by atoms with Crippen LogP contribution >= 0.6 is 0 Å². The van der Waals surface area contributed by atoms with Crippen molar-refractivity contribution in [2.45, 2.75) is 4.90 Å². The van der Waals surface area contributed by atoms with Crippen molar-refractivity contribution in [3.05, 3.63) is 59.7 Å². The van der Waals surface area contributed by atoms with Crippen molar-refractivity contribution in [2.75, 3.05) is 11.6 Å². The van der Waals surface area contributed by atoms with Crippen LogP contribution in [0, 0.1) is 0 Å². The third-order valence-electron chi connectivity index (χ3n) is 2.88. The second kappa shape index (κ2) is 8.18. The number of hydrogen-bond acceptors (Lipinski definition) is 5. The maximum atomic E-state index is 12.1. The molecule has 0 atom stereocenters. The molecule has 0 heterocycles. The summed E-state index contributed by atoms with van der Waals surface area (Å²) in [5, 5.41) is 13.3. The van der Waals surface area contributed by atoms with Gasteiger partial charge in [0, 0.05) is 17.5 Å². The summed E-state index contributed by atoms with van der Waals surface area (Å²) >= 11 is 0. The van der Waals surface area contributed by atoms with Crippen LogP contribution in [-0.2, 0) is 9.84 Å². The van der Waals surface area contributed by atoms with Gasteiger partial charge in [-0.25, -0.2) is 8.42 Å². The molecule has 0 aromatic heterocycles. The largest absolute Gasteiger partial charge is 1.00 e. The van der Waals surface area contributed by atoms with Crippen molar-refractivity contribution in [1.82, 2.24) is 0 Å². The number of hydrogen-bond donors (Lipinski definition) is 1. The third-order valence-corrected chi connectivity index (χ3v) is 3.99. The molecular weight excluding hydrogens is 345 g/mol.